The lowest BCUT2D eigenvalue weighted by molar-refractivity contribution is -0.0313. The molecular formula is C12H25N. The maximum absolute atomic E-state index is 6.26. The van der Waals surface area contributed by atoms with Crippen molar-refractivity contribution in [2.75, 3.05) is 0 Å². The summed E-state index contributed by atoms with van der Waals surface area (Å²) in [7, 11) is 0. The lowest BCUT2D eigenvalue weighted by atomic mass is 9.51. The van der Waals surface area contributed by atoms with E-state index in [2.05, 4.69) is 41.5 Å². The maximum atomic E-state index is 6.26. The van der Waals surface area contributed by atoms with Crippen molar-refractivity contribution in [3.63, 3.8) is 0 Å². The van der Waals surface area contributed by atoms with Crippen LogP contribution in [0, 0.1) is 16.2 Å². The summed E-state index contributed by atoms with van der Waals surface area (Å²) in [5.41, 5.74) is 7.30. The summed E-state index contributed by atoms with van der Waals surface area (Å²) in [5.74, 6) is 0. The van der Waals surface area contributed by atoms with Gasteiger partial charge in [-0.05, 0) is 29.1 Å². The van der Waals surface area contributed by atoms with Crippen LogP contribution in [-0.2, 0) is 0 Å². The van der Waals surface area contributed by atoms with E-state index in [4.69, 9.17) is 5.73 Å². The Morgan fingerprint density at radius 1 is 1.00 bits per heavy atom. The summed E-state index contributed by atoms with van der Waals surface area (Å²) in [4.78, 5) is 0. The van der Waals surface area contributed by atoms with Crippen LogP contribution in [0.4, 0.5) is 0 Å². The second-order valence-electron chi connectivity index (χ2n) is 6.76. The zero-order valence-electron chi connectivity index (χ0n) is 10.1. The molecule has 0 aromatic carbocycles. The molecule has 1 rings (SSSR count). The Morgan fingerprint density at radius 2 is 1.46 bits per heavy atom. The summed E-state index contributed by atoms with van der Waals surface area (Å²) in [6.45, 7) is 14.0. The van der Waals surface area contributed by atoms with Crippen molar-refractivity contribution < 1.29 is 0 Å². The van der Waals surface area contributed by atoms with Crippen LogP contribution >= 0.6 is 0 Å². The number of rotatable bonds is 0. The van der Waals surface area contributed by atoms with E-state index in [0.29, 0.717) is 16.9 Å². The normalized spacial score (nSPS) is 35.8. The van der Waals surface area contributed by atoms with Crippen molar-refractivity contribution in [2.24, 2.45) is 22.0 Å². The minimum absolute atomic E-state index is 0.266. The fraction of sp³-hybridized carbons (Fsp3) is 1.00. The topological polar surface area (TPSA) is 26.0 Å². The predicted molar refractivity (Wildman–Crippen MR) is 58.6 cm³/mol. The molecule has 2 N–H and O–H groups in total. The number of hydrogen-bond donors (Lipinski definition) is 1. The number of nitrogens with two attached hydrogens (primary N) is 1. The fourth-order valence-corrected chi connectivity index (χ4v) is 2.85. The van der Waals surface area contributed by atoms with Crippen LogP contribution in [0.1, 0.15) is 54.4 Å². The van der Waals surface area contributed by atoms with Crippen LogP contribution < -0.4 is 5.73 Å². The average molecular weight is 183 g/mol. The molecule has 13 heavy (non-hydrogen) atoms. The third-order valence-electron chi connectivity index (χ3n) is 4.36. The van der Waals surface area contributed by atoms with Gasteiger partial charge in [-0.3, -0.25) is 0 Å². The lowest BCUT2D eigenvalue weighted by Crippen LogP contribution is -2.54. The van der Waals surface area contributed by atoms with Crippen LogP contribution in [0.25, 0.3) is 0 Å². The van der Waals surface area contributed by atoms with Gasteiger partial charge in [-0.1, -0.05) is 41.5 Å². The van der Waals surface area contributed by atoms with Crippen LogP contribution in [0.5, 0.6) is 0 Å². The standard InChI is InChI=1S/C12H25N/c1-10(2)7-9(13)12(5,6)11(3,4)8-10/h9H,7-8,13H2,1-6H3. The van der Waals surface area contributed by atoms with E-state index < -0.39 is 0 Å². The molecule has 0 saturated heterocycles. The highest BCUT2D eigenvalue weighted by Gasteiger charge is 2.49. The minimum Gasteiger partial charge on any atom is -0.327 e. The predicted octanol–water partition coefficient (Wildman–Crippen LogP) is 3.19. The first-order chi connectivity index (χ1) is 5.58. The van der Waals surface area contributed by atoms with Gasteiger partial charge in [-0.2, -0.15) is 0 Å². The van der Waals surface area contributed by atoms with Gasteiger partial charge >= 0.3 is 0 Å². The van der Waals surface area contributed by atoms with Gasteiger partial charge in [0.2, 0.25) is 0 Å². The van der Waals surface area contributed by atoms with Crippen molar-refractivity contribution in [3.8, 4) is 0 Å². The third kappa shape index (κ3) is 1.76. The van der Waals surface area contributed by atoms with E-state index in [9.17, 15) is 0 Å². The molecule has 0 heterocycles. The Balaban J connectivity index is 2.96. The minimum atomic E-state index is 0.266. The monoisotopic (exact) mass is 183 g/mol. The highest BCUT2D eigenvalue weighted by Crippen LogP contribution is 2.55. The molecule has 0 bridgehead atoms. The van der Waals surface area contributed by atoms with Crippen molar-refractivity contribution in [1.29, 1.82) is 0 Å². The number of hydrogen-bond acceptors (Lipinski definition) is 1. The van der Waals surface area contributed by atoms with Crippen LogP contribution in [0.15, 0.2) is 0 Å². The molecule has 0 radical (unpaired) electrons. The summed E-state index contributed by atoms with van der Waals surface area (Å²) in [6.07, 6.45) is 2.43. The van der Waals surface area contributed by atoms with Crippen molar-refractivity contribution in [2.45, 2.75) is 60.4 Å². The van der Waals surface area contributed by atoms with Crippen molar-refractivity contribution in [1.82, 2.24) is 0 Å². The second-order valence-corrected chi connectivity index (χ2v) is 6.76. The molecular weight excluding hydrogens is 158 g/mol. The molecule has 1 saturated carbocycles. The lowest BCUT2D eigenvalue weighted by Gasteiger charge is -2.55. The van der Waals surface area contributed by atoms with E-state index in [-0.39, 0.29) is 5.41 Å². The third-order valence-corrected chi connectivity index (χ3v) is 4.36. The highest BCUT2D eigenvalue weighted by molar-refractivity contribution is 5.02. The molecule has 1 atom stereocenters. The maximum Gasteiger partial charge on any atom is 0.0100 e. The van der Waals surface area contributed by atoms with E-state index in [1.165, 1.54) is 6.42 Å². The van der Waals surface area contributed by atoms with E-state index in [1.807, 2.05) is 0 Å². The van der Waals surface area contributed by atoms with Gasteiger partial charge in [0.1, 0.15) is 0 Å². The highest BCUT2D eigenvalue weighted by atomic mass is 14.7. The van der Waals surface area contributed by atoms with E-state index >= 15 is 0 Å². The summed E-state index contributed by atoms with van der Waals surface area (Å²) >= 11 is 0. The van der Waals surface area contributed by atoms with Gasteiger partial charge in [0.15, 0.2) is 0 Å². The van der Waals surface area contributed by atoms with Gasteiger partial charge in [0, 0.05) is 6.04 Å². The Hall–Kier alpha value is -0.0400. The zero-order chi connectivity index (χ0) is 10.5. The molecule has 1 fully saturated rings. The molecule has 0 amide bonds. The Kier molecular flexibility index (Phi) is 2.31. The first-order valence-electron chi connectivity index (χ1n) is 5.34. The van der Waals surface area contributed by atoms with Crippen molar-refractivity contribution in [3.05, 3.63) is 0 Å². The molecule has 0 aliphatic heterocycles. The molecule has 1 aliphatic rings. The van der Waals surface area contributed by atoms with Gasteiger partial charge < -0.3 is 5.73 Å². The van der Waals surface area contributed by atoms with Crippen molar-refractivity contribution >= 4 is 0 Å². The largest absolute Gasteiger partial charge is 0.327 e. The summed E-state index contributed by atoms with van der Waals surface area (Å²) in [5, 5.41) is 0. The van der Waals surface area contributed by atoms with Gasteiger partial charge in [0.05, 0.1) is 0 Å². The molecule has 0 aromatic rings. The molecule has 1 heteroatoms. The molecule has 1 aliphatic carbocycles. The molecule has 1 nitrogen and oxygen atoms in total. The molecule has 1 unspecified atom stereocenters. The Labute approximate surface area is 83.1 Å². The van der Waals surface area contributed by atoms with Gasteiger partial charge in [-0.25, -0.2) is 0 Å². The van der Waals surface area contributed by atoms with Crippen LogP contribution in [0.2, 0.25) is 0 Å². The second kappa shape index (κ2) is 2.73. The van der Waals surface area contributed by atoms with Gasteiger partial charge in [0.25, 0.3) is 0 Å². The zero-order valence-corrected chi connectivity index (χ0v) is 10.1. The Morgan fingerprint density at radius 3 is 1.85 bits per heavy atom. The molecule has 78 valence electrons. The fourth-order valence-electron chi connectivity index (χ4n) is 2.85. The molecule has 0 spiro atoms. The van der Waals surface area contributed by atoms with E-state index in [0.717, 1.165) is 6.42 Å². The van der Waals surface area contributed by atoms with Gasteiger partial charge in [-0.15, -0.1) is 0 Å². The van der Waals surface area contributed by atoms with Crippen LogP contribution in [0.3, 0.4) is 0 Å². The first kappa shape index (κ1) is 11.0. The average Bonchev–Trinajstić information content (AvgIpc) is 1.80. The quantitative estimate of drug-likeness (QED) is 0.613. The summed E-state index contributed by atoms with van der Waals surface area (Å²) in [6, 6.07) is 0.339. The first-order valence-corrected chi connectivity index (χ1v) is 5.34. The molecule has 0 aromatic heterocycles. The van der Waals surface area contributed by atoms with Crippen LogP contribution in [-0.4, -0.2) is 6.04 Å². The van der Waals surface area contributed by atoms with E-state index in [1.54, 1.807) is 0 Å². The SMILES string of the molecule is CC1(C)CC(N)C(C)(C)C(C)(C)C1. The smallest absolute Gasteiger partial charge is 0.0100 e. The summed E-state index contributed by atoms with van der Waals surface area (Å²) < 4.78 is 0. The Bertz CT molecular complexity index is 201.